The molecule has 41 nitrogen and oxygen atoms in total. The number of carboxylic acids is 1. The fraction of sp³-hybridized carbons (Fsp3) is 0.677. The predicted octanol–water partition coefficient (Wildman–Crippen LogP) is -5.78. The molecule has 0 saturated carbocycles. The zero-order valence-electron chi connectivity index (χ0n) is 61.6. The van der Waals surface area contributed by atoms with Gasteiger partial charge in [-0.25, -0.2) is 4.79 Å². The molecule has 1 aromatic rings. The van der Waals surface area contributed by atoms with E-state index in [1.54, 1.807) is 51.1 Å². The summed E-state index contributed by atoms with van der Waals surface area (Å²) >= 11 is 0.637. The Bertz CT molecular complexity index is 3040. The average molecular weight is 1610 g/mol. The van der Waals surface area contributed by atoms with Crippen molar-refractivity contribution >= 4 is 122 Å². The third-order valence-corrected chi connectivity index (χ3v) is 17.9. The summed E-state index contributed by atoms with van der Waals surface area (Å²) in [4.78, 5) is 197. The van der Waals surface area contributed by atoms with Crippen LogP contribution >= 0.6 is 33.3 Å². The summed E-state index contributed by atoms with van der Waals surface area (Å²) in [6, 6.07) is -0.966. The van der Waals surface area contributed by atoms with Gasteiger partial charge >= 0.3 is 12.1 Å². The molecule has 2 aliphatic rings. The number of methoxy groups -OCH3 is 1. The maximum Gasteiger partial charge on any atom is 0.431 e. The van der Waals surface area contributed by atoms with E-state index < -0.39 is 169 Å². The second-order valence-corrected chi connectivity index (χ2v) is 28.2. The van der Waals surface area contributed by atoms with Crippen LogP contribution in [-0.2, 0) is 116 Å². The Kier molecular flexibility index (Phi) is 49.3. The first kappa shape index (κ1) is 94.8. The van der Waals surface area contributed by atoms with Gasteiger partial charge in [0, 0.05) is 57.8 Å². The molecule has 614 valence electrons. The Morgan fingerprint density at radius 1 is 0.532 bits per heavy atom. The van der Waals surface area contributed by atoms with Gasteiger partial charge in [0.25, 0.3) is 5.91 Å². The van der Waals surface area contributed by atoms with Crippen molar-refractivity contribution in [3.05, 3.63) is 35.9 Å². The minimum absolute atomic E-state index is 0.00936. The van der Waals surface area contributed by atoms with Gasteiger partial charge < -0.3 is 123 Å². The Labute approximate surface area is 643 Å². The van der Waals surface area contributed by atoms with Gasteiger partial charge in [0.2, 0.25) is 65.0 Å². The number of carbonyl (C=O) groups excluding carboxylic acids is 13. The van der Waals surface area contributed by atoms with E-state index in [1.807, 2.05) is 5.48 Å². The van der Waals surface area contributed by atoms with Gasteiger partial charge in [-0.15, -0.1) is 11.8 Å². The molecule has 1 unspecified atom stereocenters. The second-order valence-electron chi connectivity index (χ2n) is 24.6. The third-order valence-electron chi connectivity index (χ3n) is 14.4. The molecule has 2 heterocycles. The standard InChI is InChI=1S/C65H106N16O25S3/c1-65(2,3)106-64(96)81-105-38-52(85)70-18-21-100-26-28-102-30-32-103-31-29-101-27-25-99-20-17-69-51(84)37-104-36-50(83)68-15-9-8-13-44-56(90)78-47-39-108-109-40-48(79-57(91)46(34-54(87)88)75-49(82)35-73-55(89)43(76-59(47)93)14-10-16-72-63(66)67)60(94)77-45(33-42-11-6-5-7-12-42)58(92)80-62(107-41-53(86)74-44)61(95)71-19-22-98-24-23-97-4/h5-7,11-12,43-48,62H,8-10,13-41H2,1-4H3,(H,68,83)(H,69,84)(H,70,85)(H,71,95)(H,73,89)(H,74,86)(H,75,82)(H,76,93)(H,77,94)(H,78,90)(H,79,91)(H,80,92)(H,81,96)(H,87,88)(H4,66,67,72)/t43-,44-,45-,46-,47-,48-,62?/m0/s1. The number of nitrogens with one attached hydrogen (secondary N) is 13. The molecular weight excluding hydrogens is 1500 g/mol. The first-order valence-corrected chi connectivity index (χ1v) is 38.5. The maximum absolute atomic E-state index is 14.6. The number of rotatable bonds is 45. The van der Waals surface area contributed by atoms with E-state index in [0.717, 1.165) is 21.6 Å². The van der Waals surface area contributed by atoms with Crippen molar-refractivity contribution in [1.82, 2.24) is 69.3 Å². The summed E-state index contributed by atoms with van der Waals surface area (Å²) < 4.78 is 48.1. The van der Waals surface area contributed by atoms with Crippen molar-refractivity contribution in [2.75, 3.05) is 169 Å². The Morgan fingerprint density at radius 3 is 1.57 bits per heavy atom. The lowest BCUT2D eigenvalue weighted by atomic mass is 10.0. The molecule has 0 aromatic heterocycles. The predicted molar refractivity (Wildman–Crippen MR) is 395 cm³/mol. The third kappa shape index (κ3) is 46.6. The maximum atomic E-state index is 14.6. The van der Waals surface area contributed by atoms with Crippen LogP contribution in [0.2, 0.25) is 0 Å². The van der Waals surface area contributed by atoms with E-state index in [-0.39, 0.29) is 135 Å². The normalized spacial score (nSPS) is 19.4. The average Bonchev–Trinajstić information content (AvgIpc) is 1.63. The number of thioether (sulfide) groups is 1. The number of carbonyl (C=O) groups is 14. The van der Waals surface area contributed by atoms with E-state index in [9.17, 15) is 72.2 Å². The number of nitrogens with zero attached hydrogens (tertiary/aromatic N) is 1. The minimum Gasteiger partial charge on any atom is -0.481 e. The van der Waals surface area contributed by atoms with Crippen LogP contribution in [0.1, 0.15) is 64.9 Å². The molecule has 0 aliphatic carbocycles. The first-order valence-electron chi connectivity index (χ1n) is 35.0. The highest BCUT2D eigenvalue weighted by molar-refractivity contribution is 8.76. The molecule has 2 aliphatic heterocycles. The van der Waals surface area contributed by atoms with E-state index in [2.05, 4.69) is 68.8 Å². The van der Waals surface area contributed by atoms with Gasteiger partial charge in [-0.3, -0.25) is 72.2 Å². The minimum atomic E-state index is -1.83. The van der Waals surface area contributed by atoms with Gasteiger partial charge in [0.05, 0.1) is 105 Å². The number of ether oxygens (including phenoxy) is 9. The van der Waals surface area contributed by atoms with Crippen molar-refractivity contribution < 1.29 is 120 Å². The second kappa shape index (κ2) is 56.7. The van der Waals surface area contributed by atoms with Crippen LogP contribution in [0.4, 0.5) is 4.79 Å². The number of fused-ring (bicyclic) bond motifs is 5. The van der Waals surface area contributed by atoms with Crippen LogP contribution in [0.5, 0.6) is 0 Å². The Morgan fingerprint density at radius 2 is 1.02 bits per heavy atom. The van der Waals surface area contributed by atoms with Crippen LogP contribution in [0.15, 0.2) is 35.3 Å². The molecule has 13 amide bonds. The Hall–Kier alpha value is -8.44. The lowest BCUT2D eigenvalue weighted by molar-refractivity contribution is -0.141. The lowest BCUT2D eigenvalue weighted by Crippen LogP contribution is -2.59. The number of hydroxylamine groups is 1. The van der Waals surface area contributed by atoms with Gasteiger partial charge in [-0.1, -0.05) is 51.9 Å². The van der Waals surface area contributed by atoms with Gasteiger partial charge in [0.1, 0.15) is 55.1 Å². The molecule has 7 atom stereocenters. The van der Waals surface area contributed by atoms with Gasteiger partial charge in [-0.2, -0.15) is 5.48 Å². The number of nitrogens with two attached hydrogens (primary N) is 2. The molecule has 0 spiro atoms. The molecule has 44 heteroatoms. The molecule has 0 radical (unpaired) electrons. The number of amides is 13. The molecule has 2 bridgehead atoms. The van der Waals surface area contributed by atoms with Crippen molar-refractivity contribution in [2.45, 2.75) is 113 Å². The zero-order valence-corrected chi connectivity index (χ0v) is 64.1. The molecule has 18 N–H and O–H groups in total. The fourth-order valence-corrected chi connectivity index (χ4v) is 12.3. The molecular formula is C65H106N16O25S3. The molecule has 1 aromatic carbocycles. The summed E-state index contributed by atoms with van der Waals surface area (Å²) in [7, 11) is 3.28. The summed E-state index contributed by atoms with van der Waals surface area (Å²) in [6.07, 6.45) is -1.81. The van der Waals surface area contributed by atoms with Crippen molar-refractivity contribution in [3.63, 3.8) is 0 Å². The highest BCUT2D eigenvalue weighted by Crippen LogP contribution is 2.24. The number of benzene rings is 1. The van der Waals surface area contributed by atoms with Crippen LogP contribution in [0, 0.1) is 0 Å². The topological polar surface area (TPSA) is 572 Å². The molecule has 109 heavy (non-hydrogen) atoms. The number of hydrogen-bond acceptors (Lipinski definition) is 28. The monoisotopic (exact) mass is 1610 g/mol. The Balaban J connectivity index is 1.64. The quantitative estimate of drug-likeness (QED) is 0.00951. The number of aliphatic imine (C=N–C) groups is 1. The number of unbranched alkanes of at least 4 members (excludes halogenated alkanes) is 1. The largest absolute Gasteiger partial charge is 0.481 e. The highest BCUT2D eigenvalue weighted by Gasteiger charge is 2.36. The van der Waals surface area contributed by atoms with Crippen LogP contribution < -0.4 is 80.7 Å². The molecule has 2 fully saturated rings. The highest BCUT2D eigenvalue weighted by atomic mass is 33.1. The van der Waals surface area contributed by atoms with Crippen LogP contribution in [0.25, 0.3) is 0 Å². The van der Waals surface area contributed by atoms with Crippen molar-refractivity contribution in [2.24, 2.45) is 16.5 Å². The lowest BCUT2D eigenvalue weighted by Gasteiger charge is -2.26. The number of aliphatic carboxylic acids is 1. The summed E-state index contributed by atoms with van der Waals surface area (Å²) in [6.45, 7) is 6.44. The van der Waals surface area contributed by atoms with E-state index in [0.29, 0.717) is 57.0 Å². The SMILES string of the molecule is COCCOCCNC(=O)C1NC(=O)[C@H](Cc2ccccc2)NC(=O)[C@@H]2CSSC[C@H](NC(=O)[C@H](CCCCNC(=O)COCC(=O)NCCOCCOCCOCCOCCOCCNC(=O)CONC(=O)OC(C)(C)C)NC(=O)CS1)C(=O)N[C@@H](CCCN=C(N)N)C(=O)NCC(=O)N[C@@H](CC(=O)O)C(=O)N2. The smallest absolute Gasteiger partial charge is 0.431 e. The van der Waals surface area contributed by atoms with Crippen molar-refractivity contribution in [3.8, 4) is 0 Å². The first-order chi connectivity index (χ1) is 52.2. The summed E-state index contributed by atoms with van der Waals surface area (Å²) in [5, 5.41) is 39.0. The van der Waals surface area contributed by atoms with Crippen molar-refractivity contribution in [1.29, 1.82) is 0 Å². The zero-order chi connectivity index (χ0) is 80.0. The van der Waals surface area contributed by atoms with E-state index >= 15 is 0 Å². The molecule has 2 saturated heterocycles. The van der Waals surface area contributed by atoms with Gasteiger partial charge in [0.15, 0.2) is 17.9 Å². The van der Waals surface area contributed by atoms with Gasteiger partial charge in [-0.05, 0) is 58.4 Å². The van der Waals surface area contributed by atoms with E-state index in [4.69, 9.17) is 58.9 Å². The van der Waals surface area contributed by atoms with Crippen LogP contribution in [-0.4, -0.2) is 311 Å². The molecule has 3 rings (SSSR count). The number of guanidine groups is 1. The summed E-state index contributed by atoms with van der Waals surface area (Å²) in [5.41, 5.74) is 12.9. The summed E-state index contributed by atoms with van der Waals surface area (Å²) in [5.74, 6) is -13.1. The number of hydrogen-bond donors (Lipinski definition) is 16. The fourth-order valence-electron chi connectivity index (χ4n) is 9.16. The van der Waals surface area contributed by atoms with E-state index in [1.165, 1.54) is 7.11 Å². The van der Waals surface area contributed by atoms with Crippen LogP contribution in [0.3, 0.4) is 0 Å². The number of carboxylic acid groups (broad SMARTS) is 1.